The Morgan fingerprint density at radius 1 is 1.00 bits per heavy atom. The van der Waals surface area contributed by atoms with Gasteiger partial charge in [-0.15, -0.1) is 0 Å². The van der Waals surface area contributed by atoms with E-state index in [-0.39, 0.29) is 0 Å². The van der Waals surface area contributed by atoms with Gasteiger partial charge in [-0.1, -0.05) is 33.1 Å². The van der Waals surface area contributed by atoms with Crippen LogP contribution in [0.2, 0.25) is 0 Å². The first-order valence-electron chi connectivity index (χ1n) is 9.03. The van der Waals surface area contributed by atoms with Gasteiger partial charge in [0.25, 0.3) is 0 Å². The third kappa shape index (κ3) is 4.73. The van der Waals surface area contributed by atoms with Crippen molar-refractivity contribution in [1.82, 2.24) is 10.2 Å². The first-order chi connectivity index (χ1) is 9.56. The summed E-state index contributed by atoms with van der Waals surface area (Å²) in [6, 6.07) is 1.41. The zero-order valence-electron chi connectivity index (χ0n) is 14.2. The molecule has 1 saturated carbocycles. The minimum Gasteiger partial charge on any atom is -0.312 e. The van der Waals surface area contributed by atoms with E-state index in [4.69, 9.17) is 0 Å². The van der Waals surface area contributed by atoms with Gasteiger partial charge < -0.3 is 5.32 Å². The molecule has 1 saturated heterocycles. The zero-order chi connectivity index (χ0) is 14.5. The lowest BCUT2D eigenvalue weighted by atomic mass is 9.84. The highest BCUT2D eigenvalue weighted by Crippen LogP contribution is 2.27. The standard InChI is InChI=1S/C18H36N2/c1-14(2)17-10-18(13-20(12-17)15(3)4)19-11-16-8-6-5-7-9-16/h14-19H,5-13H2,1-4H3. The molecule has 2 fully saturated rings. The molecule has 2 heteroatoms. The van der Waals surface area contributed by atoms with E-state index in [0.29, 0.717) is 6.04 Å². The van der Waals surface area contributed by atoms with Crippen LogP contribution < -0.4 is 5.32 Å². The average molecular weight is 280 g/mol. The van der Waals surface area contributed by atoms with Crippen molar-refractivity contribution in [3.05, 3.63) is 0 Å². The number of likely N-dealkylation sites (tertiary alicyclic amines) is 1. The highest BCUT2D eigenvalue weighted by molar-refractivity contribution is 4.86. The van der Waals surface area contributed by atoms with Gasteiger partial charge in [-0.3, -0.25) is 4.90 Å². The number of nitrogens with one attached hydrogen (secondary N) is 1. The van der Waals surface area contributed by atoms with Crippen LogP contribution in [0, 0.1) is 17.8 Å². The van der Waals surface area contributed by atoms with E-state index >= 15 is 0 Å². The van der Waals surface area contributed by atoms with Crippen molar-refractivity contribution in [3.8, 4) is 0 Å². The van der Waals surface area contributed by atoms with Crippen LogP contribution in [0.15, 0.2) is 0 Å². The van der Waals surface area contributed by atoms with Crippen molar-refractivity contribution in [2.75, 3.05) is 19.6 Å². The number of nitrogens with zero attached hydrogens (tertiary/aromatic N) is 1. The van der Waals surface area contributed by atoms with Crippen LogP contribution in [0.1, 0.15) is 66.2 Å². The lowest BCUT2D eigenvalue weighted by Gasteiger charge is -2.42. The highest BCUT2D eigenvalue weighted by Gasteiger charge is 2.30. The predicted octanol–water partition coefficient (Wildman–Crippen LogP) is 3.91. The van der Waals surface area contributed by atoms with E-state index in [1.165, 1.54) is 58.2 Å². The molecule has 1 heterocycles. The second-order valence-electron chi connectivity index (χ2n) is 7.90. The van der Waals surface area contributed by atoms with Gasteiger partial charge in [0.2, 0.25) is 0 Å². The monoisotopic (exact) mass is 280 g/mol. The van der Waals surface area contributed by atoms with Crippen LogP contribution in [0.4, 0.5) is 0 Å². The fourth-order valence-corrected chi connectivity index (χ4v) is 3.95. The molecule has 0 bridgehead atoms. The SMILES string of the molecule is CC(C)C1CC(NCC2CCCCC2)CN(C(C)C)C1. The summed E-state index contributed by atoms with van der Waals surface area (Å²) in [5.74, 6) is 2.64. The van der Waals surface area contributed by atoms with Gasteiger partial charge in [0, 0.05) is 25.2 Å². The molecule has 1 aliphatic heterocycles. The lowest BCUT2D eigenvalue weighted by Crippen LogP contribution is -2.53. The van der Waals surface area contributed by atoms with E-state index in [0.717, 1.165) is 23.8 Å². The third-order valence-electron chi connectivity index (χ3n) is 5.60. The molecule has 0 aromatic heterocycles. The largest absolute Gasteiger partial charge is 0.312 e. The fraction of sp³-hybridized carbons (Fsp3) is 1.00. The Morgan fingerprint density at radius 2 is 1.70 bits per heavy atom. The Kier molecular flexibility index (Phi) is 6.35. The normalized spacial score (nSPS) is 30.3. The minimum atomic E-state index is 0.690. The summed E-state index contributed by atoms with van der Waals surface area (Å²) in [5, 5.41) is 3.92. The van der Waals surface area contributed by atoms with Crippen molar-refractivity contribution < 1.29 is 0 Å². The molecule has 2 atom stereocenters. The molecule has 118 valence electrons. The van der Waals surface area contributed by atoms with E-state index in [2.05, 4.69) is 37.9 Å². The summed E-state index contributed by atoms with van der Waals surface area (Å²) in [7, 11) is 0. The topological polar surface area (TPSA) is 15.3 Å². The first-order valence-corrected chi connectivity index (χ1v) is 9.03. The maximum Gasteiger partial charge on any atom is 0.0198 e. The Morgan fingerprint density at radius 3 is 2.30 bits per heavy atom. The molecule has 2 rings (SSSR count). The number of hydrogen-bond donors (Lipinski definition) is 1. The maximum absolute atomic E-state index is 3.92. The third-order valence-corrected chi connectivity index (χ3v) is 5.60. The van der Waals surface area contributed by atoms with Crippen LogP contribution in [0.5, 0.6) is 0 Å². The van der Waals surface area contributed by atoms with Gasteiger partial charge in [0.15, 0.2) is 0 Å². The van der Waals surface area contributed by atoms with Gasteiger partial charge in [-0.25, -0.2) is 0 Å². The molecule has 20 heavy (non-hydrogen) atoms. The molecule has 0 aromatic rings. The summed E-state index contributed by atoms with van der Waals surface area (Å²) < 4.78 is 0. The van der Waals surface area contributed by atoms with Crippen molar-refractivity contribution in [2.45, 2.75) is 78.3 Å². The molecule has 2 aliphatic rings. The van der Waals surface area contributed by atoms with Gasteiger partial charge in [-0.2, -0.15) is 0 Å². The second kappa shape index (κ2) is 7.79. The lowest BCUT2D eigenvalue weighted by molar-refractivity contribution is 0.0882. The Bertz CT molecular complexity index is 253. The van der Waals surface area contributed by atoms with E-state index in [9.17, 15) is 0 Å². The Balaban J connectivity index is 1.82. The predicted molar refractivity (Wildman–Crippen MR) is 88.0 cm³/mol. The first kappa shape index (κ1) is 16.3. The molecule has 0 amide bonds. The van der Waals surface area contributed by atoms with Crippen LogP contribution in [-0.2, 0) is 0 Å². The summed E-state index contributed by atoms with van der Waals surface area (Å²) in [5.41, 5.74) is 0. The molecule has 0 aromatic carbocycles. The van der Waals surface area contributed by atoms with Gasteiger partial charge in [-0.05, 0) is 57.4 Å². The molecule has 0 spiro atoms. The number of hydrogen-bond acceptors (Lipinski definition) is 2. The zero-order valence-corrected chi connectivity index (χ0v) is 14.2. The van der Waals surface area contributed by atoms with Crippen molar-refractivity contribution in [2.24, 2.45) is 17.8 Å². The summed E-state index contributed by atoms with van der Waals surface area (Å²) in [4.78, 5) is 2.69. The van der Waals surface area contributed by atoms with Crippen molar-refractivity contribution >= 4 is 0 Å². The van der Waals surface area contributed by atoms with Crippen LogP contribution >= 0.6 is 0 Å². The minimum absolute atomic E-state index is 0.690. The maximum atomic E-state index is 3.92. The van der Waals surface area contributed by atoms with E-state index in [1.54, 1.807) is 0 Å². The van der Waals surface area contributed by atoms with Gasteiger partial charge in [0.1, 0.15) is 0 Å². The van der Waals surface area contributed by atoms with Crippen molar-refractivity contribution in [3.63, 3.8) is 0 Å². The molecule has 1 aliphatic carbocycles. The fourth-order valence-electron chi connectivity index (χ4n) is 3.95. The molecule has 2 nitrogen and oxygen atoms in total. The van der Waals surface area contributed by atoms with E-state index in [1.807, 2.05) is 0 Å². The van der Waals surface area contributed by atoms with Crippen molar-refractivity contribution in [1.29, 1.82) is 0 Å². The molecular formula is C18H36N2. The smallest absolute Gasteiger partial charge is 0.0198 e. The average Bonchev–Trinajstić information content (AvgIpc) is 2.45. The Labute approximate surface area is 126 Å². The molecular weight excluding hydrogens is 244 g/mol. The quantitative estimate of drug-likeness (QED) is 0.821. The van der Waals surface area contributed by atoms with Gasteiger partial charge in [0.05, 0.1) is 0 Å². The summed E-state index contributed by atoms with van der Waals surface area (Å²) >= 11 is 0. The van der Waals surface area contributed by atoms with E-state index < -0.39 is 0 Å². The summed E-state index contributed by atoms with van der Waals surface area (Å²) in [6.45, 7) is 13.3. The highest BCUT2D eigenvalue weighted by atomic mass is 15.2. The van der Waals surface area contributed by atoms with Crippen LogP contribution in [0.3, 0.4) is 0 Å². The van der Waals surface area contributed by atoms with Crippen LogP contribution in [-0.4, -0.2) is 36.6 Å². The number of piperidine rings is 1. The number of rotatable bonds is 5. The molecule has 0 radical (unpaired) electrons. The van der Waals surface area contributed by atoms with Crippen LogP contribution in [0.25, 0.3) is 0 Å². The second-order valence-corrected chi connectivity index (χ2v) is 7.90. The molecule has 1 N–H and O–H groups in total. The Hall–Kier alpha value is -0.0800. The summed E-state index contributed by atoms with van der Waals surface area (Å²) in [6.07, 6.45) is 8.69. The van der Waals surface area contributed by atoms with Gasteiger partial charge >= 0.3 is 0 Å². The molecule has 2 unspecified atom stereocenters.